The van der Waals surface area contributed by atoms with Gasteiger partial charge < -0.3 is 19.7 Å². The van der Waals surface area contributed by atoms with E-state index in [0.717, 1.165) is 37.1 Å². The molecule has 0 bridgehead atoms. The van der Waals surface area contributed by atoms with Gasteiger partial charge in [-0.25, -0.2) is 0 Å². The quantitative estimate of drug-likeness (QED) is 0.682. The topological polar surface area (TPSA) is 67.9 Å². The minimum absolute atomic E-state index is 0.0277. The van der Waals surface area contributed by atoms with Gasteiger partial charge in [-0.15, -0.1) is 0 Å². The molecule has 1 N–H and O–H groups in total. The van der Waals surface area contributed by atoms with Crippen LogP contribution in [-0.4, -0.2) is 50.1 Å². The molecule has 1 atom stereocenters. The number of carbonyl (C=O) groups excluding carboxylic acids is 2. The summed E-state index contributed by atoms with van der Waals surface area (Å²) in [5, 5.41) is 2.89. The van der Waals surface area contributed by atoms with E-state index in [-0.39, 0.29) is 11.8 Å². The summed E-state index contributed by atoms with van der Waals surface area (Å²) in [5.41, 5.74) is 1.76. The summed E-state index contributed by atoms with van der Waals surface area (Å²) in [7, 11) is 3.15. The van der Waals surface area contributed by atoms with Crippen molar-refractivity contribution in [1.29, 1.82) is 0 Å². The van der Waals surface area contributed by atoms with E-state index in [2.05, 4.69) is 5.32 Å². The Balaban J connectivity index is 1.72. The summed E-state index contributed by atoms with van der Waals surface area (Å²) in [6, 6.07) is 14.5. The van der Waals surface area contributed by atoms with Crippen molar-refractivity contribution in [2.75, 3.05) is 27.3 Å². The predicted octanol–water partition coefficient (Wildman–Crippen LogP) is 3.07. The van der Waals surface area contributed by atoms with Crippen molar-refractivity contribution in [3.8, 4) is 11.5 Å². The van der Waals surface area contributed by atoms with Crippen molar-refractivity contribution in [1.82, 2.24) is 10.2 Å². The second-order valence-electron chi connectivity index (χ2n) is 7.22. The van der Waals surface area contributed by atoms with Gasteiger partial charge in [0.1, 0.15) is 17.5 Å². The molecule has 158 valence electrons. The number of hydrogen-bond acceptors (Lipinski definition) is 4. The van der Waals surface area contributed by atoms with Crippen LogP contribution in [0.25, 0.3) is 6.08 Å². The van der Waals surface area contributed by atoms with Crippen molar-refractivity contribution in [2.24, 2.45) is 0 Å². The lowest BCUT2D eigenvalue weighted by Crippen LogP contribution is -2.48. The van der Waals surface area contributed by atoms with Crippen LogP contribution in [0.3, 0.4) is 0 Å². The number of amides is 2. The molecule has 30 heavy (non-hydrogen) atoms. The predicted molar refractivity (Wildman–Crippen MR) is 116 cm³/mol. The molecule has 6 heteroatoms. The minimum atomic E-state index is -0.597. The summed E-state index contributed by atoms with van der Waals surface area (Å²) in [4.78, 5) is 27.4. The zero-order valence-electron chi connectivity index (χ0n) is 17.5. The van der Waals surface area contributed by atoms with Gasteiger partial charge in [0.2, 0.25) is 11.8 Å². The molecule has 0 radical (unpaired) electrons. The van der Waals surface area contributed by atoms with Crippen LogP contribution in [0.1, 0.15) is 24.0 Å². The Bertz CT molecular complexity index is 889. The highest BCUT2D eigenvalue weighted by atomic mass is 16.5. The zero-order chi connectivity index (χ0) is 21.3. The van der Waals surface area contributed by atoms with E-state index in [9.17, 15) is 9.59 Å². The Morgan fingerprint density at radius 2 is 1.80 bits per heavy atom. The van der Waals surface area contributed by atoms with Crippen LogP contribution in [0.5, 0.6) is 11.5 Å². The molecule has 1 saturated heterocycles. The summed E-state index contributed by atoms with van der Waals surface area (Å²) in [6.07, 6.45) is 5.58. The van der Waals surface area contributed by atoms with E-state index in [4.69, 9.17) is 9.47 Å². The fraction of sp³-hybridized carbons (Fsp3) is 0.333. The van der Waals surface area contributed by atoms with Crippen LogP contribution in [0.2, 0.25) is 0 Å². The number of carbonyl (C=O) groups is 2. The fourth-order valence-electron chi connectivity index (χ4n) is 3.55. The first-order valence-electron chi connectivity index (χ1n) is 10.1. The highest BCUT2D eigenvalue weighted by Crippen LogP contribution is 2.25. The first-order chi connectivity index (χ1) is 14.6. The van der Waals surface area contributed by atoms with Crippen molar-refractivity contribution >= 4 is 17.9 Å². The van der Waals surface area contributed by atoms with E-state index in [1.807, 2.05) is 41.3 Å². The maximum atomic E-state index is 13.0. The third-order valence-electron chi connectivity index (χ3n) is 5.17. The molecule has 1 fully saturated rings. The molecule has 2 aromatic rings. The third kappa shape index (κ3) is 5.63. The monoisotopic (exact) mass is 408 g/mol. The first-order valence-corrected chi connectivity index (χ1v) is 10.1. The van der Waals surface area contributed by atoms with Crippen molar-refractivity contribution in [3.05, 3.63) is 65.7 Å². The molecule has 1 heterocycles. The second-order valence-corrected chi connectivity index (χ2v) is 7.22. The summed E-state index contributed by atoms with van der Waals surface area (Å²) >= 11 is 0. The number of ether oxygens (including phenoxy) is 2. The Hall–Kier alpha value is -3.28. The van der Waals surface area contributed by atoms with Crippen molar-refractivity contribution in [3.63, 3.8) is 0 Å². The molecule has 1 aliphatic heterocycles. The number of likely N-dealkylation sites (tertiary alicyclic amines) is 1. The molecule has 0 spiro atoms. The van der Waals surface area contributed by atoms with Gasteiger partial charge in [0, 0.05) is 37.2 Å². The van der Waals surface area contributed by atoms with Crippen LogP contribution < -0.4 is 14.8 Å². The molecular formula is C24H28N2O4. The first kappa shape index (κ1) is 21.4. The molecule has 0 aromatic heterocycles. The number of nitrogens with one attached hydrogen (secondary N) is 1. The average molecular weight is 408 g/mol. The Morgan fingerprint density at radius 1 is 1.07 bits per heavy atom. The number of methoxy groups -OCH3 is 2. The largest absolute Gasteiger partial charge is 0.497 e. The standard InChI is InChI=1S/C24H28N2O4/c1-29-20-12-10-19(22(17-20)30-2)11-13-23(27)25-21(16-18-8-4-3-5-9-18)24(28)26-14-6-7-15-26/h3-5,8-13,17,21H,6-7,14-16H2,1-2H3,(H,25,27)/b13-11-/t21-/m0/s1. The maximum Gasteiger partial charge on any atom is 0.245 e. The second kappa shape index (κ2) is 10.5. The molecule has 6 nitrogen and oxygen atoms in total. The number of nitrogens with zero attached hydrogens (tertiary/aromatic N) is 1. The van der Waals surface area contributed by atoms with Gasteiger partial charge in [0.25, 0.3) is 0 Å². The summed E-state index contributed by atoms with van der Waals surface area (Å²) < 4.78 is 10.6. The van der Waals surface area contributed by atoms with Gasteiger partial charge >= 0.3 is 0 Å². The summed E-state index contributed by atoms with van der Waals surface area (Å²) in [5.74, 6) is 0.932. The molecule has 1 aliphatic rings. The van der Waals surface area contributed by atoms with Crippen LogP contribution in [0.4, 0.5) is 0 Å². The lowest BCUT2D eigenvalue weighted by molar-refractivity contribution is -0.134. The molecule has 0 unspecified atom stereocenters. The van der Waals surface area contributed by atoms with Gasteiger partial charge in [-0.3, -0.25) is 9.59 Å². The number of hydrogen-bond donors (Lipinski definition) is 1. The Kier molecular flexibility index (Phi) is 7.49. The number of rotatable bonds is 8. The highest BCUT2D eigenvalue weighted by Gasteiger charge is 2.27. The van der Waals surface area contributed by atoms with Crippen LogP contribution >= 0.6 is 0 Å². The van der Waals surface area contributed by atoms with Gasteiger partial charge in [0.05, 0.1) is 14.2 Å². The smallest absolute Gasteiger partial charge is 0.245 e. The van der Waals surface area contributed by atoms with Gasteiger partial charge in [0.15, 0.2) is 0 Å². The van der Waals surface area contributed by atoms with E-state index in [0.29, 0.717) is 17.9 Å². The van der Waals surface area contributed by atoms with Crippen LogP contribution in [-0.2, 0) is 16.0 Å². The molecule has 0 saturated carbocycles. The van der Waals surface area contributed by atoms with Gasteiger partial charge in [-0.1, -0.05) is 30.3 Å². The normalized spacial score (nSPS) is 14.5. The molecule has 0 aliphatic carbocycles. The highest BCUT2D eigenvalue weighted by molar-refractivity contribution is 5.96. The third-order valence-corrected chi connectivity index (χ3v) is 5.17. The van der Waals surface area contributed by atoms with Crippen LogP contribution in [0.15, 0.2) is 54.6 Å². The van der Waals surface area contributed by atoms with E-state index in [1.54, 1.807) is 32.4 Å². The Morgan fingerprint density at radius 3 is 2.47 bits per heavy atom. The zero-order valence-corrected chi connectivity index (χ0v) is 17.5. The van der Waals surface area contributed by atoms with E-state index in [1.165, 1.54) is 6.08 Å². The minimum Gasteiger partial charge on any atom is -0.497 e. The lowest BCUT2D eigenvalue weighted by atomic mass is 10.0. The molecule has 2 aromatic carbocycles. The average Bonchev–Trinajstić information content (AvgIpc) is 3.32. The SMILES string of the molecule is COc1ccc(/C=C\C(=O)N[C@@H](Cc2ccccc2)C(=O)N2CCCC2)c(OC)c1. The van der Waals surface area contributed by atoms with Gasteiger partial charge in [-0.2, -0.15) is 0 Å². The molecule has 3 rings (SSSR count). The van der Waals surface area contributed by atoms with E-state index >= 15 is 0 Å². The maximum absolute atomic E-state index is 13.0. The van der Waals surface area contributed by atoms with E-state index < -0.39 is 6.04 Å². The Labute approximate surface area is 177 Å². The van der Waals surface area contributed by atoms with Crippen molar-refractivity contribution in [2.45, 2.75) is 25.3 Å². The summed E-state index contributed by atoms with van der Waals surface area (Å²) in [6.45, 7) is 1.50. The van der Waals surface area contributed by atoms with Gasteiger partial charge in [-0.05, 0) is 36.6 Å². The fourth-order valence-corrected chi connectivity index (χ4v) is 3.55. The number of benzene rings is 2. The molecular weight excluding hydrogens is 380 g/mol. The lowest BCUT2D eigenvalue weighted by Gasteiger charge is -2.23. The van der Waals surface area contributed by atoms with Crippen molar-refractivity contribution < 1.29 is 19.1 Å². The van der Waals surface area contributed by atoms with Crippen LogP contribution in [0, 0.1) is 0 Å². The molecule has 2 amide bonds.